The van der Waals surface area contributed by atoms with Crippen LogP contribution >= 0.6 is 0 Å². The molecule has 0 amide bonds. The van der Waals surface area contributed by atoms with E-state index in [-0.39, 0.29) is 17.5 Å². The number of hydrogen-bond donors (Lipinski definition) is 1. The number of aromatic nitrogens is 2. The zero-order chi connectivity index (χ0) is 15.4. The molecule has 0 aliphatic carbocycles. The fourth-order valence-electron chi connectivity index (χ4n) is 2.15. The van der Waals surface area contributed by atoms with Crippen LogP contribution in [0.3, 0.4) is 0 Å². The van der Waals surface area contributed by atoms with Crippen molar-refractivity contribution in [3.8, 4) is 11.3 Å². The standard InChI is InChI=1S/C16H18N2O3/c1-3-11-5-7-12(8-6-11)14-9-13(10-15(19)20)16(21)18(4-2)17-14/h5-9H,3-4,10H2,1-2H3,(H,19,20). The molecule has 1 aromatic heterocycles. The SMILES string of the molecule is CCc1ccc(-c2cc(CC(=O)O)c(=O)n(CC)n2)cc1. The predicted octanol–water partition coefficient (Wildman–Crippen LogP) is 2.12. The minimum absolute atomic E-state index is 0.258. The van der Waals surface area contributed by atoms with Crippen molar-refractivity contribution in [2.24, 2.45) is 0 Å². The lowest BCUT2D eigenvalue weighted by atomic mass is 10.1. The van der Waals surface area contributed by atoms with E-state index in [4.69, 9.17) is 5.11 Å². The van der Waals surface area contributed by atoms with E-state index in [1.54, 1.807) is 6.07 Å². The monoisotopic (exact) mass is 286 g/mol. The molecule has 0 radical (unpaired) electrons. The Bertz CT molecular complexity index is 702. The predicted molar refractivity (Wildman–Crippen MR) is 80.3 cm³/mol. The molecule has 2 aromatic rings. The third kappa shape index (κ3) is 3.37. The summed E-state index contributed by atoms with van der Waals surface area (Å²) in [6, 6.07) is 9.47. The Labute approximate surface area is 122 Å². The highest BCUT2D eigenvalue weighted by atomic mass is 16.4. The summed E-state index contributed by atoms with van der Waals surface area (Å²) in [6.07, 6.45) is 0.661. The van der Waals surface area contributed by atoms with Crippen LogP contribution in [0.1, 0.15) is 25.0 Å². The van der Waals surface area contributed by atoms with E-state index < -0.39 is 5.97 Å². The molecular weight excluding hydrogens is 268 g/mol. The van der Waals surface area contributed by atoms with E-state index in [0.717, 1.165) is 12.0 Å². The molecule has 0 aliphatic heterocycles. The molecule has 0 bridgehead atoms. The van der Waals surface area contributed by atoms with Crippen LogP contribution in [0.15, 0.2) is 35.1 Å². The van der Waals surface area contributed by atoms with Gasteiger partial charge in [0, 0.05) is 17.7 Å². The highest BCUT2D eigenvalue weighted by Gasteiger charge is 2.12. The number of carboxylic acids is 1. The van der Waals surface area contributed by atoms with Gasteiger partial charge in [0.25, 0.3) is 5.56 Å². The molecule has 110 valence electrons. The highest BCUT2D eigenvalue weighted by Crippen LogP contribution is 2.18. The van der Waals surface area contributed by atoms with E-state index in [0.29, 0.717) is 12.2 Å². The van der Waals surface area contributed by atoms with Crippen LogP contribution in [0.25, 0.3) is 11.3 Å². The van der Waals surface area contributed by atoms with Crippen molar-refractivity contribution in [3.05, 3.63) is 51.8 Å². The summed E-state index contributed by atoms with van der Waals surface area (Å²) < 4.78 is 1.31. The fourth-order valence-corrected chi connectivity index (χ4v) is 2.15. The number of carboxylic acid groups (broad SMARTS) is 1. The lowest BCUT2D eigenvalue weighted by molar-refractivity contribution is -0.136. The van der Waals surface area contributed by atoms with Crippen LogP contribution in [0.2, 0.25) is 0 Å². The summed E-state index contributed by atoms with van der Waals surface area (Å²) in [5, 5.41) is 13.2. The molecule has 21 heavy (non-hydrogen) atoms. The molecule has 0 atom stereocenters. The quantitative estimate of drug-likeness (QED) is 0.913. The Morgan fingerprint density at radius 3 is 2.43 bits per heavy atom. The van der Waals surface area contributed by atoms with Gasteiger partial charge in [-0.15, -0.1) is 0 Å². The molecule has 0 saturated heterocycles. The topological polar surface area (TPSA) is 72.2 Å². The van der Waals surface area contributed by atoms with Crippen molar-refractivity contribution in [1.29, 1.82) is 0 Å². The first kappa shape index (κ1) is 15.0. The lowest BCUT2D eigenvalue weighted by Gasteiger charge is -2.08. The van der Waals surface area contributed by atoms with Crippen LogP contribution in [-0.4, -0.2) is 20.9 Å². The molecular formula is C16H18N2O3. The van der Waals surface area contributed by atoms with Crippen molar-refractivity contribution in [2.75, 3.05) is 0 Å². The van der Waals surface area contributed by atoms with Crippen molar-refractivity contribution >= 4 is 5.97 Å². The maximum Gasteiger partial charge on any atom is 0.308 e. The van der Waals surface area contributed by atoms with Crippen LogP contribution < -0.4 is 5.56 Å². The van der Waals surface area contributed by atoms with Crippen molar-refractivity contribution in [2.45, 2.75) is 33.2 Å². The molecule has 2 rings (SSSR count). The molecule has 0 spiro atoms. The fraction of sp³-hybridized carbons (Fsp3) is 0.312. The van der Waals surface area contributed by atoms with Gasteiger partial charge >= 0.3 is 5.97 Å². The third-order valence-corrected chi connectivity index (χ3v) is 3.35. The normalized spacial score (nSPS) is 10.6. The van der Waals surface area contributed by atoms with E-state index in [9.17, 15) is 9.59 Å². The molecule has 5 heteroatoms. The average molecular weight is 286 g/mol. The van der Waals surface area contributed by atoms with E-state index in [1.807, 2.05) is 31.2 Å². The molecule has 0 saturated carbocycles. The van der Waals surface area contributed by atoms with Gasteiger partial charge in [-0.1, -0.05) is 31.2 Å². The number of aliphatic carboxylic acids is 1. The Kier molecular flexibility index (Phi) is 4.52. The van der Waals surface area contributed by atoms with Gasteiger partial charge < -0.3 is 5.11 Å². The summed E-state index contributed by atoms with van der Waals surface area (Å²) in [6.45, 7) is 4.30. The molecule has 1 aromatic carbocycles. The summed E-state index contributed by atoms with van der Waals surface area (Å²) in [5.41, 5.74) is 2.63. The number of aryl methyl sites for hydroxylation is 2. The molecule has 0 fully saturated rings. The first-order valence-corrected chi connectivity index (χ1v) is 6.97. The second kappa shape index (κ2) is 6.35. The van der Waals surface area contributed by atoms with Crippen molar-refractivity contribution in [3.63, 3.8) is 0 Å². The van der Waals surface area contributed by atoms with Crippen LogP contribution in [0.4, 0.5) is 0 Å². The largest absolute Gasteiger partial charge is 0.481 e. The average Bonchev–Trinajstić information content (AvgIpc) is 2.49. The van der Waals surface area contributed by atoms with Crippen molar-refractivity contribution < 1.29 is 9.90 Å². The zero-order valence-electron chi connectivity index (χ0n) is 12.2. The number of rotatable bonds is 5. The van der Waals surface area contributed by atoms with Gasteiger partial charge in [-0.2, -0.15) is 5.10 Å². The van der Waals surface area contributed by atoms with Gasteiger partial charge in [0.05, 0.1) is 12.1 Å². The molecule has 0 aliphatic rings. The summed E-state index contributed by atoms with van der Waals surface area (Å²) in [5.74, 6) is -1.02. The van der Waals surface area contributed by atoms with E-state index >= 15 is 0 Å². The number of hydrogen-bond acceptors (Lipinski definition) is 3. The maximum atomic E-state index is 12.1. The number of nitrogens with zero attached hydrogens (tertiary/aromatic N) is 2. The van der Waals surface area contributed by atoms with Crippen LogP contribution in [0, 0.1) is 0 Å². The first-order chi connectivity index (χ1) is 10.0. The molecule has 1 heterocycles. The van der Waals surface area contributed by atoms with Gasteiger partial charge in [0.1, 0.15) is 0 Å². The van der Waals surface area contributed by atoms with E-state index in [1.165, 1.54) is 10.2 Å². The summed E-state index contributed by atoms with van der Waals surface area (Å²) in [7, 11) is 0. The highest BCUT2D eigenvalue weighted by molar-refractivity contribution is 5.71. The second-order valence-electron chi connectivity index (χ2n) is 4.80. The first-order valence-electron chi connectivity index (χ1n) is 6.97. The third-order valence-electron chi connectivity index (χ3n) is 3.35. The van der Waals surface area contributed by atoms with Crippen LogP contribution in [0.5, 0.6) is 0 Å². The van der Waals surface area contributed by atoms with Gasteiger partial charge in [-0.25, -0.2) is 4.68 Å². The minimum Gasteiger partial charge on any atom is -0.481 e. The van der Waals surface area contributed by atoms with Gasteiger partial charge in [0.2, 0.25) is 0 Å². The zero-order valence-corrected chi connectivity index (χ0v) is 12.2. The summed E-state index contributed by atoms with van der Waals surface area (Å²) in [4.78, 5) is 22.9. The Hall–Kier alpha value is -2.43. The van der Waals surface area contributed by atoms with E-state index in [2.05, 4.69) is 12.0 Å². The molecule has 0 unspecified atom stereocenters. The Balaban J connectivity index is 2.51. The number of benzene rings is 1. The number of carbonyl (C=O) groups is 1. The maximum absolute atomic E-state index is 12.1. The lowest BCUT2D eigenvalue weighted by Crippen LogP contribution is -2.27. The smallest absolute Gasteiger partial charge is 0.308 e. The van der Waals surface area contributed by atoms with Crippen molar-refractivity contribution in [1.82, 2.24) is 9.78 Å². The molecule has 1 N–H and O–H groups in total. The molecule has 5 nitrogen and oxygen atoms in total. The second-order valence-corrected chi connectivity index (χ2v) is 4.80. The Morgan fingerprint density at radius 1 is 1.24 bits per heavy atom. The van der Waals surface area contributed by atoms with Gasteiger partial charge in [0.15, 0.2) is 0 Å². The van der Waals surface area contributed by atoms with Crippen LogP contribution in [-0.2, 0) is 24.2 Å². The van der Waals surface area contributed by atoms with Gasteiger partial charge in [-0.3, -0.25) is 9.59 Å². The summed E-state index contributed by atoms with van der Waals surface area (Å²) >= 11 is 0. The minimum atomic E-state index is -1.02. The Morgan fingerprint density at radius 2 is 1.90 bits per heavy atom. The van der Waals surface area contributed by atoms with Gasteiger partial charge in [-0.05, 0) is 25.0 Å².